The van der Waals surface area contributed by atoms with Crippen molar-refractivity contribution in [1.29, 1.82) is 0 Å². The molecule has 54 valence electrons. The first-order chi connectivity index (χ1) is 3.68. The molecule has 0 unspecified atom stereocenters. The summed E-state index contributed by atoms with van der Waals surface area (Å²) in [4.78, 5) is 10.0. The molecule has 0 aliphatic rings. The van der Waals surface area contributed by atoms with Crippen molar-refractivity contribution in [3.8, 4) is 0 Å². The third-order valence-electron chi connectivity index (χ3n) is 0.848. The van der Waals surface area contributed by atoms with Crippen LogP contribution < -0.4 is 6.15 Å². The molecule has 0 saturated carbocycles. The lowest BCUT2D eigenvalue weighted by atomic mass is 10.2. The summed E-state index contributed by atoms with van der Waals surface area (Å²) in [6, 6.07) is 0. The monoisotopic (exact) mass is 131 g/mol. The summed E-state index contributed by atoms with van der Waals surface area (Å²) < 4.78 is 0. The van der Waals surface area contributed by atoms with E-state index >= 15 is 0 Å². The zero-order valence-corrected chi connectivity index (χ0v) is 5.85. The van der Waals surface area contributed by atoms with Gasteiger partial charge in [0.2, 0.25) is 0 Å². The first-order valence-corrected chi connectivity index (χ1v) is 2.58. The Balaban J connectivity index is 0. The lowest BCUT2D eigenvalue weighted by Crippen LogP contribution is -1.94. The Morgan fingerprint density at radius 3 is 2.22 bits per heavy atom. The summed E-state index contributed by atoms with van der Waals surface area (Å²) in [5, 5.41) is 8.24. The van der Waals surface area contributed by atoms with E-state index in [2.05, 4.69) is 0 Å². The fraction of sp³-hybridized carbons (Fsp3) is 0.500. The van der Waals surface area contributed by atoms with Crippen molar-refractivity contribution < 1.29 is 9.90 Å². The highest BCUT2D eigenvalue weighted by molar-refractivity contribution is 5.85. The number of rotatable bonds is 2. The van der Waals surface area contributed by atoms with Gasteiger partial charge in [0.15, 0.2) is 0 Å². The largest absolute Gasteiger partial charge is 0.478 e. The summed E-state index contributed by atoms with van der Waals surface area (Å²) >= 11 is 0. The number of carboxylic acid groups (broad SMARTS) is 1. The van der Waals surface area contributed by atoms with Crippen LogP contribution in [-0.2, 0) is 4.79 Å². The number of carboxylic acids is 1. The van der Waals surface area contributed by atoms with E-state index in [0.717, 1.165) is 6.42 Å². The standard InChI is InChI=1S/C6H10O2.H3N/c1-3-4-5(2)6(7)8;/h4H,3H2,1-2H3,(H,7,8);1H3. The van der Waals surface area contributed by atoms with Gasteiger partial charge in [-0.25, -0.2) is 4.79 Å². The van der Waals surface area contributed by atoms with Crippen molar-refractivity contribution >= 4 is 5.97 Å². The fourth-order valence-corrected chi connectivity index (χ4v) is 0.393. The molecule has 9 heavy (non-hydrogen) atoms. The summed E-state index contributed by atoms with van der Waals surface area (Å²) in [5.74, 6) is -0.827. The maximum Gasteiger partial charge on any atom is 0.330 e. The second-order valence-electron chi connectivity index (χ2n) is 1.60. The molecule has 0 aliphatic heterocycles. The minimum Gasteiger partial charge on any atom is -0.478 e. The van der Waals surface area contributed by atoms with Gasteiger partial charge in [-0.2, -0.15) is 0 Å². The SMILES string of the molecule is CCC=C(C)C(=O)O.N. The van der Waals surface area contributed by atoms with Crippen molar-refractivity contribution in [1.82, 2.24) is 6.15 Å². The van der Waals surface area contributed by atoms with Gasteiger partial charge < -0.3 is 11.3 Å². The Hall–Kier alpha value is -0.830. The van der Waals surface area contributed by atoms with Gasteiger partial charge in [-0.3, -0.25) is 0 Å². The topological polar surface area (TPSA) is 72.3 Å². The van der Waals surface area contributed by atoms with Crippen LogP contribution in [0, 0.1) is 0 Å². The average Bonchev–Trinajstić information content (AvgIpc) is 1.67. The van der Waals surface area contributed by atoms with E-state index in [4.69, 9.17) is 5.11 Å². The second-order valence-corrected chi connectivity index (χ2v) is 1.60. The maximum absolute atomic E-state index is 10.0. The van der Waals surface area contributed by atoms with Gasteiger partial charge in [-0.05, 0) is 13.3 Å². The molecule has 0 spiro atoms. The van der Waals surface area contributed by atoms with Crippen LogP contribution in [0.5, 0.6) is 0 Å². The second kappa shape index (κ2) is 5.31. The molecule has 0 rings (SSSR count). The molecular weight excluding hydrogens is 118 g/mol. The average molecular weight is 131 g/mol. The molecule has 3 nitrogen and oxygen atoms in total. The van der Waals surface area contributed by atoms with E-state index in [0.29, 0.717) is 5.57 Å². The van der Waals surface area contributed by atoms with E-state index in [1.807, 2.05) is 6.92 Å². The predicted molar refractivity (Wildman–Crippen MR) is 36.7 cm³/mol. The molecule has 0 atom stereocenters. The first-order valence-electron chi connectivity index (χ1n) is 2.58. The molecule has 0 heterocycles. The molecule has 0 bridgehead atoms. The molecule has 0 aromatic rings. The highest BCUT2D eigenvalue weighted by atomic mass is 16.4. The highest BCUT2D eigenvalue weighted by Gasteiger charge is 1.94. The van der Waals surface area contributed by atoms with Crippen LogP contribution in [0.3, 0.4) is 0 Å². The molecule has 3 heteroatoms. The number of carbonyl (C=O) groups is 1. The van der Waals surface area contributed by atoms with Gasteiger partial charge in [0.05, 0.1) is 0 Å². The number of aliphatic carboxylic acids is 1. The van der Waals surface area contributed by atoms with Crippen molar-refractivity contribution in [2.45, 2.75) is 20.3 Å². The minimum absolute atomic E-state index is 0. The molecule has 0 radical (unpaired) electrons. The summed E-state index contributed by atoms with van der Waals surface area (Å²) in [5.41, 5.74) is 0.424. The Morgan fingerprint density at radius 2 is 2.11 bits per heavy atom. The van der Waals surface area contributed by atoms with Gasteiger partial charge in [-0.15, -0.1) is 0 Å². The van der Waals surface area contributed by atoms with Crippen LogP contribution in [0.25, 0.3) is 0 Å². The lowest BCUT2D eigenvalue weighted by Gasteiger charge is -1.87. The maximum atomic E-state index is 10.0. The third-order valence-corrected chi connectivity index (χ3v) is 0.848. The Bertz CT molecular complexity index is 118. The van der Waals surface area contributed by atoms with Crippen LogP contribution in [-0.4, -0.2) is 11.1 Å². The summed E-state index contributed by atoms with van der Waals surface area (Å²) in [6.07, 6.45) is 2.47. The van der Waals surface area contributed by atoms with Crippen LogP contribution in [0.15, 0.2) is 11.6 Å². The van der Waals surface area contributed by atoms with Crippen LogP contribution in [0.4, 0.5) is 0 Å². The Morgan fingerprint density at radius 1 is 1.67 bits per heavy atom. The molecule has 0 saturated heterocycles. The molecule has 0 aliphatic carbocycles. The Labute approximate surface area is 55.0 Å². The van der Waals surface area contributed by atoms with Crippen LogP contribution >= 0.6 is 0 Å². The molecule has 0 amide bonds. The highest BCUT2D eigenvalue weighted by Crippen LogP contribution is 1.92. The zero-order chi connectivity index (χ0) is 6.57. The van der Waals surface area contributed by atoms with Gasteiger partial charge in [0, 0.05) is 5.57 Å². The fourth-order valence-electron chi connectivity index (χ4n) is 0.393. The molecule has 0 aromatic carbocycles. The normalized spacial score (nSPS) is 10.2. The van der Waals surface area contributed by atoms with Gasteiger partial charge in [0.25, 0.3) is 0 Å². The number of allylic oxidation sites excluding steroid dienone is 1. The zero-order valence-electron chi connectivity index (χ0n) is 5.85. The first kappa shape index (κ1) is 11.0. The Kier molecular flexibility index (Phi) is 6.51. The van der Waals surface area contributed by atoms with Gasteiger partial charge >= 0.3 is 5.97 Å². The van der Waals surface area contributed by atoms with Crippen molar-refractivity contribution in [2.75, 3.05) is 0 Å². The summed E-state index contributed by atoms with van der Waals surface area (Å²) in [6.45, 7) is 3.50. The van der Waals surface area contributed by atoms with E-state index in [-0.39, 0.29) is 6.15 Å². The van der Waals surface area contributed by atoms with Crippen LogP contribution in [0.1, 0.15) is 20.3 Å². The molecule has 0 fully saturated rings. The van der Waals surface area contributed by atoms with Gasteiger partial charge in [0.1, 0.15) is 0 Å². The van der Waals surface area contributed by atoms with E-state index in [1.165, 1.54) is 0 Å². The molecular formula is C6H13NO2. The molecule has 4 N–H and O–H groups in total. The number of hydrogen-bond donors (Lipinski definition) is 2. The van der Waals surface area contributed by atoms with Gasteiger partial charge in [-0.1, -0.05) is 13.0 Å². The summed E-state index contributed by atoms with van der Waals surface area (Å²) in [7, 11) is 0. The molecule has 0 aromatic heterocycles. The van der Waals surface area contributed by atoms with E-state index in [1.54, 1.807) is 13.0 Å². The minimum atomic E-state index is -0.827. The van der Waals surface area contributed by atoms with Crippen LogP contribution in [0.2, 0.25) is 0 Å². The number of hydrogen-bond acceptors (Lipinski definition) is 2. The smallest absolute Gasteiger partial charge is 0.330 e. The third kappa shape index (κ3) is 5.03. The van der Waals surface area contributed by atoms with Crippen molar-refractivity contribution in [3.05, 3.63) is 11.6 Å². The quantitative estimate of drug-likeness (QED) is 0.559. The van der Waals surface area contributed by atoms with Crippen molar-refractivity contribution in [2.24, 2.45) is 0 Å². The van der Waals surface area contributed by atoms with E-state index < -0.39 is 5.97 Å². The lowest BCUT2D eigenvalue weighted by molar-refractivity contribution is -0.132. The predicted octanol–water partition coefficient (Wildman–Crippen LogP) is 1.59. The van der Waals surface area contributed by atoms with E-state index in [9.17, 15) is 4.79 Å². The van der Waals surface area contributed by atoms with Crippen molar-refractivity contribution in [3.63, 3.8) is 0 Å².